The summed E-state index contributed by atoms with van der Waals surface area (Å²) in [5.74, 6) is 0. The third-order valence-corrected chi connectivity index (χ3v) is 1.13. The predicted octanol–water partition coefficient (Wildman–Crippen LogP) is 6.46. The zero-order valence-electron chi connectivity index (χ0n) is 36.4. The second-order valence-electron chi connectivity index (χ2n) is 6.70. The van der Waals surface area contributed by atoms with Gasteiger partial charge in [-0.15, -0.1) is 0 Å². The van der Waals surface area contributed by atoms with Crippen molar-refractivity contribution in [2.75, 3.05) is 7.11 Å². The Balaban J connectivity index is -0.0000000287. The Morgan fingerprint density at radius 3 is 0.253 bits per heavy atom. The molecule has 51 heteroatoms. The van der Waals surface area contributed by atoms with Crippen molar-refractivity contribution in [1.82, 2.24) is 0 Å². The van der Waals surface area contributed by atoms with Gasteiger partial charge in [-0.3, -0.25) is 0 Å². The molecule has 0 saturated heterocycles. The molecule has 0 aliphatic carbocycles. The Kier molecular flexibility index (Phi) is 189. The van der Waals surface area contributed by atoms with Crippen LogP contribution in [0.4, 0.5) is 81.5 Å². The first-order chi connectivity index (χ1) is 32.9. The predicted molar refractivity (Wildman–Crippen MR) is 215 cm³/mol. The van der Waals surface area contributed by atoms with Crippen molar-refractivity contribution in [2.45, 2.75) is 39.5 Å². The van der Waals surface area contributed by atoms with Gasteiger partial charge in [0.1, 0.15) is 0 Å². The van der Waals surface area contributed by atoms with Crippen LogP contribution in [0.2, 0.25) is 0 Å². The van der Waals surface area contributed by atoms with Gasteiger partial charge in [-0.05, 0) is 0 Å². The Hall–Kier alpha value is -12.4. The van der Waals surface area contributed by atoms with Gasteiger partial charge in [-0.25, -0.2) is 81.5 Å². The highest BCUT2D eigenvalue weighted by atomic mass is 16.7. The number of rotatable bonds is 3. The summed E-state index contributed by atoms with van der Waals surface area (Å²) in [6, 6.07) is 0. The molecule has 0 rings (SSSR count). The number of methoxy groups -OCH3 is 1. The van der Waals surface area contributed by atoms with Crippen LogP contribution in [0.3, 0.4) is 0 Å². The molecule has 0 aromatic heterocycles. The van der Waals surface area contributed by atoms with Gasteiger partial charge in [-0.2, -0.15) is 0 Å². The zero-order chi connectivity index (χ0) is 66.4. The lowest BCUT2D eigenvalue weighted by molar-refractivity contribution is 0.113. The zero-order valence-corrected chi connectivity index (χ0v) is 36.4. The van der Waals surface area contributed by atoms with E-state index in [9.17, 15) is 0 Å². The summed E-state index contributed by atoms with van der Waals surface area (Å²) in [7, 11) is 1.10. The lowest BCUT2D eigenvalue weighted by Gasteiger charge is -1.86. The minimum atomic E-state index is -1.83. The SMILES string of the molecule is CCCCCC.COC(=O)O.O=C(O)O.O=C(O)O.O=C(O)O.O=C(O)O.O=C(O)O.O=C(O)O.O=C(O)O.O=C(O)O.O=C(O)O.O=C(O)O.O=C(O)O.O=C(O)O.O=C(O)O.O=C(O)O.O=C(O)O.O=C(O)O. The summed E-state index contributed by atoms with van der Waals surface area (Å²) in [4.78, 5) is 146. The maximum Gasteiger partial charge on any atom is 0.505 e. The first-order valence-corrected chi connectivity index (χ1v) is 14.4. The largest absolute Gasteiger partial charge is 0.505 e. The first-order valence-electron chi connectivity index (χ1n) is 14.4. The van der Waals surface area contributed by atoms with Crippen molar-refractivity contribution in [3.8, 4) is 0 Å². The van der Waals surface area contributed by atoms with Gasteiger partial charge in [0.25, 0.3) is 0 Å². The van der Waals surface area contributed by atoms with Gasteiger partial charge >= 0.3 is 105 Å². The summed E-state index contributed by atoms with van der Waals surface area (Å²) < 4.78 is 3.67. The summed E-state index contributed by atoms with van der Waals surface area (Å²) in [6.07, 6.45) is -25.0. The maximum atomic E-state index is 9.15. The van der Waals surface area contributed by atoms with Crippen LogP contribution in [0.5, 0.6) is 0 Å². The van der Waals surface area contributed by atoms with Crippen LogP contribution in [0.1, 0.15) is 39.5 Å². The van der Waals surface area contributed by atoms with Gasteiger partial charge in [-0.1, -0.05) is 39.5 Å². The lowest BCUT2D eigenvalue weighted by atomic mass is 10.2. The molecule has 75 heavy (non-hydrogen) atoms. The molecule has 452 valence electrons. The fraction of sp³-hybridized carbons (Fsp3) is 0.292. The van der Waals surface area contributed by atoms with Crippen molar-refractivity contribution in [2.24, 2.45) is 0 Å². The van der Waals surface area contributed by atoms with E-state index in [0.29, 0.717) is 0 Å². The molecular weight excluding hydrogens is 1100 g/mol. The van der Waals surface area contributed by atoms with Crippen LogP contribution in [-0.4, -0.2) is 280 Å². The van der Waals surface area contributed by atoms with E-state index in [0.717, 1.165) is 7.11 Å². The standard InChI is InChI=1S/C6H14.C2H4O3.16CH2O3/c1-3-5-6-4-2;1-5-2(3)4;16*2-1(3)4/h3-6H2,1-2H3;1H3,(H,3,4);16*(H2,2,3,4). The molecule has 51 nitrogen and oxygen atoms in total. The van der Waals surface area contributed by atoms with Crippen molar-refractivity contribution < 1.29 is 255 Å². The average molecular weight is 1150 g/mol. The topological polar surface area (TPSA) is 967 Å². The molecule has 0 bridgehead atoms. The molecule has 0 fully saturated rings. The van der Waals surface area contributed by atoms with Gasteiger partial charge < -0.3 is 173 Å². The summed E-state index contributed by atoms with van der Waals surface area (Å²) in [6.45, 7) is 4.46. The van der Waals surface area contributed by atoms with Gasteiger partial charge in [0.15, 0.2) is 0 Å². The van der Waals surface area contributed by atoms with E-state index in [1.807, 2.05) is 0 Å². The monoisotopic (exact) mass is 1150 g/mol. The average Bonchev–Trinajstić information content (AvgIpc) is 3.04. The Morgan fingerprint density at radius 1 is 0.200 bits per heavy atom. The van der Waals surface area contributed by atoms with Crippen molar-refractivity contribution in [3.05, 3.63) is 0 Å². The van der Waals surface area contributed by atoms with Crippen molar-refractivity contribution in [1.29, 1.82) is 0 Å². The summed E-state index contributed by atoms with van der Waals surface area (Å²) in [5.41, 5.74) is 0. The number of hydrogen-bond donors (Lipinski definition) is 33. The lowest BCUT2D eigenvalue weighted by Crippen LogP contribution is -1.91. The fourth-order valence-corrected chi connectivity index (χ4v) is 0.500. The van der Waals surface area contributed by atoms with Crippen molar-refractivity contribution in [3.63, 3.8) is 0 Å². The fourth-order valence-electron chi connectivity index (χ4n) is 0.500. The van der Waals surface area contributed by atoms with Gasteiger partial charge in [0.05, 0.1) is 7.11 Å². The number of ether oxygens (including phenoxy) is 1. The molecule has 0 heterocycles. The van der Waals surface area contributed by atoms with E-state index in [2.05, 4.69) is 18.6 Å². The van der Waals surface area contributed by atoms with Gasteiger partial charge in [0, 0.05) is 0 Å². The van der Waals surface area contributed by atoms with Crippen LogP contribution in [-0.2, 0) is 4.74 Å². The molecular formula is C24H50O51. The Morgan fingerprint density at radius 2 is 0.240 bits per heavy atom. The Bertz CT molecular complexity index is 991. The quantitative estimate of drug-likeness (QED) is 0.106. The molecule has 33 N–H and O–H groups in total. The molecule has 0 amide bonds. The molecule has 0 aromatic carbocycles. The smallest absolute Gasteiger partial charge is 0.450 e. The minimum Gasteiger partial charge on any atom is -0.450 e. The number of unbranched alkanes of at least 4 members (excludes halogenated alkanes) is 3. The molecule has 0 atom stereocenters. The van der Waals surface area contributed by atoms with Crippen LogP contribution < -0.4 is 0 Å². The minimum absolute atomic E-state index is 1.10. The van der Waals surface area contributed by atoms with E-state index in [-0.39, 0.29) is 0 Å². The third kappa shape index (κ3) is 3980. The third-order valence-electron chi connectivity index (χ3n) is 1.13. The van der Waals surface area contributed by atoms with Crippen molar-refractivity contribution >= 4 is 105 Å². The molecule has 0 unspecified atom stereocenters. The molecule has 0 aromatic rings. The van der Waals surface area contributed by atoms with E-state index in [1.165, 1.54) is 25.7 Å². The van der Waals surface area contributed by atoms with Crippen LogP contribution in [0.25, 0.3) is 0 Å². The van der Waals surface area contributed by atoms with E-state index >= 15 is 0 Å². The van der Waals surface area contributed by atoms with Crippen LogP contribution in [0, 0.1) is 0 Å². The molecule has 0 aliphatic heterocycles. The van der Waals surface area contributed by atoms with E-state index in [4.69, 9.17) is 250 Å². The summed E-state index contributed by atoms with van der Waals surface area (Å²) >= 11 is 0. The van der Waals surface area contributed by atoms with Crippen LogP contribution in [0.15, 0.2) is 0 Å². The number of carboxylic acid groups (broad SMARTS) is 33. The van der Waals surface area contributed by atoms with Crippen LogP contribution >= 0.6 is 0 Å². The van der Waals surface area contributed by atoms with E-state index in [1.54, 1.807) is 0 Å². The maximum absolute atomic E-state index is 9.15. The highest BCUT2D eigenvalue weighted by molar-refractivity contribution is 5.57. The van der Waals surface area contributed by atoms with E-state index < -0.39 is 105 Å². The molecule has 0 aliphatic rings. The highest BCUT2D eigenvalue weighted by Crippen LogP contribution is 1.95. The molecule has 0 spiro atoms. The second-order valence-corrected chi connectivity index (χ2v) is 6.70. The number of hydrogen-bond acceptors (Lipinski definition) is 18. The Labute approximate surface area is 406 Å². The van der Waals surface area contributed by atoms with Gasteiger partial charge in [0.2, 0.25) is 0 Å². The number of carbonyl (C=O) groups is 17. The molecule has 0 saturated carbocycles. The second kappa shape index (κ2) is 119. The molecule has 0 radical (unpaired) electrons. The normalized spacial score (nSPS) is 6.28. The summed E-state index contributed by atoms with van der Waals surface area (Å²) in [5, 5.41) is 231. The highest BCUT2D eigenvalue weighted by Gasteiger charge is 1.81. The first kappa shape index (κ1) is 119.